The summed E-state index contributed by atoms with van der Waals surface area (Å²) in [7, 11) is 3.53. The van der Waals surface area contributed by atoms with Crippen LogP contribution in [0, 0.1) is 5.82 Å². The molecule has 0 bridgehead atoms. The van der Waals surface area contributed by atoms with E-state index in [2.05, 4.69) is 20.5 Å². The molecule has 1 amide bonds. The van der Waals surface area contributed by atoms with Crippen LogP contribution < -0.4 is 15.5 Å². The Morgan fingerprint density at radius 3 is 2.83 bits per heavy atom. The third kappa shape index (κ3) is 3.17. The van der Waals surface area contributed by atoms with Crippen LogP contribution in [0.25, 0.3) is 11.3 Å². The van der Waals surface area contributed by atoms with Gasteiger partial charge in [-0.1, -0.05) is 11.6 Å². The number of nitrogens with one attached hydrogen (secondary N) is 2. The Bertz CT molecular complexity index is 1230. The molecule has 10 heteroatoms. The molecular weight excluding hydrogens is 397 g/mol. The molecule has 4 rings (SSSR count). The second kappa shape index (κ2) is 7.00. The highest BCUT2D eigenvalue weighted by Crippen LogP contribution is 2.47. The second-order valence-corrected chi connectivity index (χ2v) is 7.08. The van der Waals surface area contributed by atoms with E-state index in [-0.39, 0.29) is 22.4 Å². The molecule has 0 aliphatic carbocycles. The largest absolute Gasteiger partial charge is 0.364 e. The van der Waals surface area contributed by atoms with E-state index in [0.717, 1.165) is 6.20 Å². The molecule has 1 atom stereocenters. The fourth-order valence-corrected chi connectivity index (χ4v) is 3.61. The Morgan fingerprint density at radius 1 is 1.28 bits per heavy atom. The molecule has 29 heavy (non-hydrogen) atoms. The van der Waals surface area contributed by atoms with Crippen molar-refractivity contribution in [2.24, 2.45) is 7.05 Å². The van der Waals surface area contributed by atoms with Crippen molar-refractivity contribution in [3.63, 3.8) is 0 Å². The molecule has 1 aromatic carbocycles. The zero-order valence-electron chi connectivity index (χ0n) is 18.8. The molecule has 150 valence electrons. The normalized spacial score (nSPS) is 16.9. The van der Waals surface area contributed by atoms with Crippen molar-refractivity contribution in [3.05, 3.63) is 46.6 Å². The molecule has 2 N–H and O–H groups in total. The Morgan fingerprint density at radius 2 is 2.07 bits per heavy atom. The topological polar surface area (TPSA) is 88.0 Å². The van der Waals surface area contributed by atoms with Crippen LogP contribution in [0.5, 0.6) is 0 Å². The van der Waals surface area contributed by atoms with Crippen LogP contribution in [-0.4, -0.2) is 39.9 Å². The highest BCUT2D eigenvalue weighted by molar-refractivity contribution is 6.29. The third-order valence-electron chi connectivity index (χ3n) is 4.90. The molecule has 3 aromatic rings. The van der Waals surface area contributed by atoms with Crippen molar-refractivity contribution < 1.29 is 13.3 Å². The second-order valence-electron chi connectivity index (χ2n) is 6.69. The first-order valence-corrected chi connectivity index (χ1v) is 9.05. The summed E-state index contributed by atoms with van der Waals surface area (Å²) in [5.41, 5.74) is 2.90. The van der Waals surface area contributed by atoms with Gasteiger partial charge in [0.05, 0.1) is 28.7 Å². The number of aromatic nitrogens is 4. The summed E-state index contributed by atoms with van der Waals surface area (Å²) in [6, 6.07) is 3.87. The highest BCUT2D eigenvalue weighted by atomic mass is 35.5. The summed E-state index contributed by atoms with van der Waals surface area (Å²) in [4.78, 5) is 19.7. The van der Waals surface area contributed by atoms with Gasteiger partial charge in [-0.3, -0.25) is 4.79 Å². The molecule has 3 heterocycles. The fourth-order valence-electron chi connectivity index (χ4n) is 3.45. The van der Waals surface area contributed by atoms with Crippen molar-refractivity contribution in [2.45, 2.75) is 13.0 Å². The first kappa shape index (κ1) is 15.7. The van der Waals surface area contributed by atoms with E-state index in [1.54, 1.807) is 7.05 Å². The van der Waals surface area contributed by atoms with E-state index in [4.69, 9.17) is 15.7 Å². The number of carbonyl (C=O) groups excluding carboxylic acids is 1. The number of pyridine rings is 1. The van der Waals surface area contributed by atoms with Gasteiger partial charge in [-0.2, -0.15) is 15.0 Å². The number of benzene rings is 1. The van der Waals surface area contributed by atoms with Crippen LogP contribution in [0.3, 0.4) is 0 Å². The quantitative estimate of drug-likeness (QED) is 0.634. The van der Waals surface area contributed by atoms with E-state index in [1.165, 1.54) is 23.0 Å². The maximum atomic E-state index is 14.6. The average molecular weight is 419 g/mol. The van der Waals surface area contributed by atoms with E-state index in [0.29, 0.717) is 28.3 Å². The summed E-state index contributed by atoms with van der Waals surface area (Å²) in [6.45, 7) is -0.744. The summed E-state index contributed by atoms with van der Waals surface area (Å²) < 4.78 is 36.5. The lowest BCUT2D eigenvalue weighted by Gasteiger charge is -2.34. The predicted octanol–water partition coefficient (Wildman–Crippen LogP) is 3.28. The average Bonchev–Trinajstić information content (AvgIpc) is 3.06. The van der Waals surface area contributed by atoms with Crippen molar-refractivity contribution >= 4 is 34.6 Å². The maximum absolute atomic E-state index is 14.6. The van der Waals surface area contributed by atoms with Gasteiger partial charge in [0.1, 0.15) is 22.4 Å². The smallest absolute Gasteiger partial charge is 0.254 e. The number of nitrogens with zero attached hydrogens (tertiary/aromatic N) is 5. The molecular formula is C19H19ClFN7O. The minimum Gasteiger partial charge on any atom is -0.364 e. The zero-order chi connectivity index (χ0) is 23.4. The van der Waals surface area contributed by atoms with Crippen LogP contribution in [0.2, 0.25) is 5.15 Å². The summed E-state index contributed by atoms with van der Waals surface area (Å²) in [6.07, 6.45) is 1.16. The Kier molecular flexibility index (Phi) is 3.79. The van der Waals surface area contributed by atoms with Crippen molar-refractivity contribution in [1.29, 1.82) is 0 Å². The maximum Gasteiger partial charge on any atom is 0.254 e. The number of carbonyl (C=O) groups is 1. The molecule has 8 nitrogen and oxygen atoms in total. The van der Waals surface area contributed by atoms with Crippen molar-refractivity contribution in [1.82, 2.24) is 25.3 Å². The number of anilines is 3. The lowest BCUT2D eigenvalue weighted by Crippen LogP contribution is -2.27. The molecule has 1 aliphatic heterocycles. The van der Waals surface area contributed by atoms with Crippen LogP contribution in [0.4, 0.5) is 21.5 Å². The molecule has 2 aromatic heterocycles. The van der Waals surface area contributed by atoms with E-state index >= 15 is 0 Å². The monoisotopic (exact) mass is 418 g/mol. The molecule has 1 aliphatic rings. The van der Waals surface area contributed by atoms with E-state index in [1.807, 2.05) is 24.2 Å². The van der Waals surface area contributed by atoms with Crippen LogP contribution in [-0.2, 0) is 7.05 Å². The Labute approximate surface area is 175 Å². The minimum atomic E-state index is -2.69. The molecule has 0 radical (unpaired) electrons. The predicted molar refractivity (Wildman–Crippen MR) is 109 cm³/mol. The van der Waals surface area contributed by atoms with E-state index < -0.39 is 18.7 Å². The fraction of sp³-hybridized carbons (Fsp3) is 0.263. The van der Waals surface area contributed by atoms with Gasteiger partial charge in [0, 0.05) is 36.9 Å². The minimum absolute atomic E-state index is 0.0600. The summed E-state index contributed by atoms with van der Waals surface area (Å²) >= 11 is 6.02. The zero-order valence-corrected chi connectivity index (χ0v) is 16.5. The molecule has 0 spiro atoms. The van der Waals surface area contributed by atoms with E-state index in [9.17, 15) is 9.18 Å². The Balaban J connectivity index is 1.84. The lowest BCUT2D eigenvalue weighted by atomic mass is 9.96. The van der Waals surface area contributed by atoms with Gasteiger partial charge in [0.25, 0.3) is 5.91 Å². The number of fused-ring (bicyclic) bond motifs is 3. The molecule has 0 saturated carbocycles. The van der Waals surface area contributed by atoms with Crippen LogP contribution >= 0.6 is 11.6 Å². The van der Waals surface area contributed by atoms with Gasteiger partial charge in [-0.15, -0.1) is 0 Å². The van der Waals surface area contributed by atoms with Crippen LogP contribution in [0.15, 0.2) is 24.4 Å². The van der Waals surface area contributed by atoms with Gasteiger partial charge in [0.15, 0.2) is 0 Å². The van der Waals surface area contributed by atoms with Gasteiger partial charge < -0.3 is 15.5 Å². The molecule has 0 saturated heterocycles. The standard InChI is InChI=1S/C19H19ClFN7O/c1-9-16-17(26-28(4)25-16)11-5-10(21)6-14(18(11)27(9)3)24-13-7-15(20)23-8-12(13)19(29)22-2/h5-9H,1-4H3,(H,22,29)(H,23,24)/i2D3. The lowest BCUT2D eigenvalue weighted by molar-refractivity contribution is 0.0963. The van der Waals surface area contributed by atoms with Gasteiger partial charge in [-0.25, -0.2) is 9.37 Å². The summed E-state index contributed by atoms with van der Waals surface area (Å²) in [5, 5.41) is 13.8. The molecule has 0 fully saturated rings. The Hall–Kier alpha value is -3.20. The van der Waals surface area contributed by atoms with Gasteiger partial charge in [0.2, 0.25) is 0 Å². The number of halogens is 2. The number of aryl methyl sites for hydroxylation is 1. The van der Waals surface area contributed by atoms with Gasteiger partial charge >= 0.3 is 0 Å². The first-order chi connectivity index (χ1) is 14.9. The molecule has 1 unspecified atom stereocenters. The number of amides is 1. The van der Waals surface area contributed by atoms with Crippen molar-refractivity contribution in [3.8, 4) is 11.3 Å². The summed E-state index contributed by atoms with van der Waals surface area (Å²) in [5.74, 6) is -1.40. The number of hydrogen-bond donors (Lipinski definition) is 2. The van der Waals surface area contributed by atoms with Gasteiger partial charge in [-0.05, 0) is 25.1 Å². The number of hydrogen-bond acceptors (Lipinski definition) is 6. The highest BCUT2D eigenvalue weighted by Gasteiger charge is 2.33. The number of rotatable bonds is 3. The van der Waals surface area contributed by atoms with Crippen LogP contribution in [0.1, 0.15) is 33.1 Å². The third-order valence-corrected chi connectivity index (χ3v) is 5.10. The first-order valence-electron chi connectivity index (χ1n) is 10.2. The van der Waals surface area contributed by atoms with Crippen molar-refractivity contribution in [2.75, 3.05) is 24.2 Å². The SMILES string of the molecule is [2H]C([2H])([2H])NC(=O)c1cnc(Cl)cc1Nc1cc(F)cc2c1N(C)C(C)c1nn(C)nc1-2.